The maximum absolute atomic E-state index is 5.95. The molecule has 0 aliphatic carbocycles. The molecule has 1 aromatic carbocycles. The Hall–Kier alpha value is -0.670. The molecule has 0 bridgehead atoms. The summed E-state index contributed by atoms with van der Waals surface area (Å²) in [6.07, 6.45) is 0.959. The largest absolute Gasteiger partial charge is 0.369 e. The van der Waals surface area contributed by atoms with Crippen LogP contribution in [0.4, 0.5) is 5.69 Å². The van der Waals surface area contributed by atoms with Crippen molar-refractivity contribution >= 4 is 17.4 Å². The molecule has 0 aromatic heterocycles. The third kappa shape index (κ3) is 3.42. The van der Waals surface area contributed by atoms with Crippen LogP contribution >= 0.6 is 11.8 Å². The smallest absolute Gasteiger partial charge is 0.0400 e. The van der Waals surface area contributed by atoms with Gasteiger partial charge in [0.2, 0.25) is 0 Å². The number of rotatable bonds is 3. The summed E-state index contributed by atoms with van der Waals surface area (Å²) < 4.78 is 0.347. The number of para-hydroxylation sites is 1. The average Bonchev–Trinajstić information content (AvgIpc) is 2.27. The first-order valence-electron chi connectivity index (χ1n) is 6.70. The lowest BCUT2D eigenvalue weighted by Gasteiger charge is -2.39. The fraction of sp³-hybridized carbons (Fsp3) is 0.600. The molecule has 1 unspecified atom stereocenters. The van der Waals surface area contributed by atoms with Gasteiger partial charge in [0.15, 0.2) is 0 Å². The van der Waals surface area contributed by atoms with Gasteiger partial charge in [0, 0.05) is 35.3 Å². The van der Waals surface area contributed by atoms with Crippen molar-refractivity contribution in [2.75, 3.05) is 23.7 Å². The van der Waals surface area contributed by atoms with E-state index in [9.17, 15) is 0 Å². The molecule has 1 aliphatic heterocycles. The van der Waals surface area contributed by atoms with Gasteiger partial charge < -0.3 is 10.6 Å². The summed E-state index contributed by atoms with van der Waals surface area (Å²) in [6.45, 7) is 9.00. The maximum atomic E-state index is 5.95. The standard InChI is InChI=1S/C15H24N2S/c1-12(16)10-13-6-4-5-7-14(13)17-8-9-18-15(2,3)11-17/h4-7,12H,8-11,16H2,1-3H3. The second-order valence-corrected chi connectivity index (χ2v) is 7.64. The van der Waals surface area contributed by atoms with Crippen LogP contribution in [-0.4, -0.2) is 29.6 Å². The minimum atomic E-state index is 0.221. The van der Waals surface area contributed by atoms with Crippen LogP contribution in [0.5, 0.6) is 0 Å². The number of nitrogens with zero attached hydrogens (tertiary/aromatic N) is 1. The predicted octanol–water partition coefficient (Wildman–Crippen LogP) is 2.91. The van der Waals surface area contributed by atoms with Crippen LogP contribution in [0.25, 0.3) is 0 Å². The van der Waals surface area contributed by atoms with Crippen LogP contribution in [0.1, 0.15) is 26.3 Å². The summed E-state index contributed by atoms with van der Waals surface area (Å²) in [5, 5.41) is 0. The summed E-state index contributed by atoms with van der Waals surface area (Å²) >= 11 is 2.07. The van der Waals surface area contributed by atoms with Gasteiger partial charge >= 0.3 is 0 Å². The fourth-order valence-corrected chi connectivity index (χ4v) is 3.67. The lowest BCUT2D eigenvalue weighted by atomic mass is 10.0. The quantitative estimate of drug-likeness (QED) is 0.910. The SMILES string of the molecule is CC(N)Cc1ccccc1N1CCSC(C)(C)C1. The van der Waals surface area contributed by atoms with Gasteiger partial charge in [-0.25, -0.2) is 0 Å². The Balaban J connectivity index is 2.21. The number of benzene rings is 1. The summed E-state index contributed by atoms with van der Waals surface area (Å²) in [6, 6.07) is 8.93. The third-order valence-electron chi connectivity index (χ3n) is 3.30. The normalized spacial score (nSPS) is 20.8. The van der Waals surface area contributed by atoms with E-state index < -0.39 is 0 Å². The highest BCUT2D eigenvalue weighted by molar-refractivity contribution is 8.00. The molecule has 1 saturated heterocycles. The second kappa shape index (κ2) is 5.54. The minimum Gasteiger partial charge on any atom is -0.369 e. The zero-order chi connectivity index (χ0) is 13.2. The second-order valence-electron chi connectivity index (χ2n) is 5.84. The van der Waals surface area contributed by atoms with E-state index in [-0.39, 0.29) is 6.04 Å². The van der Waals surface area contributed by atoms with Crippen LogP contribution < -0.4 is 10.6 Å². The molecule has 2 N–H and O–H groups in total. The molecule has 1 aromatic rings. The number of hydrogen-bond donors (Lipinski definition) is 1. The molecule has 2 rings (SSSR count). The van der Waals surface area contributed by atoms with E-state index in [1.165, 1.54) is 17.0 Å². The highest BCUT2D eigenvalue weighted by Gasteiger charge is 2.27. The van der Waals surface area contributed by atoms with Gasteiger partial charge in [-0.05, 0) is 38.8 Å². The Labute approximate surface area is 115 Å². The Morgan fingerprint density at radius 2 is 2.11 bits per heavy atom. The van der Waals surface area contributed by atoms with Gasteiger partial charge in [-0.1, -0.05) is 18.2 Å². The van der Waals surface area contributed by atoms with Gasteiger partial charge in [0.05, 0.1) is 0 Å². The molecule has 0 radical (unpaired) electrons. The van der Waals surface area contributed by atoms with Crippen molar-refractivity contribution in [1.29, 1.82) is 0 Å². The molecule has 1 aliphatic rings. The van der Waals surface area contributed by atoms with Crippen molar-refractivity contribution in [3.05, 3.63) is 29.8 Å². The Morgan fingerprint density at radius 1 is 1.39 bits per heavy atom. The summed E-state index contributed by atoms with van der Waals surface area (Å²) in [7, 11) is 0. The number of hydrogen-bond acceptors (Lipinski definition) is 3. The van der Waals surface area contributed by atoms with E-state index >= 15 is 0 Å². The van der Waals surface area contributed by atoms with Crippen LogP contribution in [-0.2, 0) is 6.42 Å². The van der Waals surface area contributed by atoms with E-state index in [4.69, 9.17) is 5.73 Å². The first kappa shape index (κ1) is 13.8. The molecule has 2 nitrogen and oxygen atoms in total. The van der Waals surface area contributed by atoms with Crippen molar-refractivity contribution < 1.29 is 0 Å². The molecule has 18 heavy (non-hydrogen) atoms. The van der Waals surface area contributed by atoms with Crippen molar-refractivity contribution in [1.82, 2.24) is 0 Å². The molecular weight excluding hydrogens is 240 g/mol. The highest BCUT2D eigenvalue weighted by Crippen LogP contribution is 2.33. The number of thioether (sulfide) groups is 1. The van der Waals surface area contributed by atoms with E-state index in [0.29, 0.717) is 4.75 Å². The topological polar surface area (TPSA) is 29.3 Å². The first-order valence-corrected chi connectivity index (χ1v) is 7.69. The van der Waals surface area contributed by atoms with Crippen LogP contribution in [0.2, 0.25) is 0 Å². The monoisotopic (exact) mass is 264 g/mol. The van der Waals surface area contributed by atoms with Crippen LogP contribution in [0, 0.1) is 0 Å². The van der Waals surface area contributed by atoms with E-state index in [0.717, 1.165) is 19.5 Å². The molecule has 3 heteroatoms. The van der Waals surface area contributed by atoms with Crippen molar-refractivity contribution in [3.8, 4) is 0 Å². The number of anilines is 1. The average molecular weight is 264 g/mol. The minimum absolute atomic E-state index is 0.221. The van der Waals surface area contributed by atoms with E-state index in [1.54, 1.807) is 0 Å². The summed E-state index contributed by atoms with van der Waals surface area (Å²) in [5.41, 5.74) is 8.72. The number of nitrogens with two attached hydrogens (primary N) is 1. The van der Waals surface area contributed by atoms with Crippen molar-refractivity contribution in [3.63, 3.8) is 0 Å². The lowest BCUT2D eigenvalue weighted by Crippen LogP contribution is -2.43. The Bertz CT molecular complexity index is 401. The molecule has 100 valence electrons. The van der Waals surface area contributed by atoms with Gasteiger partial charge in [-0.15, -0.1) is 0 Å². The molecule has 1 heterocycles. The Morgan fingerprint density at radius 3 is 2.78 bits per heavy atom. The zero-order valence-corrected chi connectivity index (χ0v) is 12.5. The van der Waals surface area contributed by atoms with Gasteiger partial charge in [-0.2, -0.15) is 11.8 Å². The van der Waals surface area contributed by atoms with E-state index in [2.05, 4.69) is 61.7 Å². The summed E-state index contributed by atoms with van der Waals surface area (Å²) in [4.78, 5) is 2.52. The first-order chi connectivity index (χ1) is 8.48. The lowest BCUT2D eigenvalue weighted by molar-refractivity contribution is 0.642. The van der Waals surface area contributed by atoms with Gasteiger partial charge in [0.25, 0.3) is 0 Å². The third-order valence-corrected chi connectivity index (χ3v) is 4.60. The van der Waals surface area contributed by atoms with Crippen LogP contribution in [0.3, 0.4) is 0 Å². The summed E-state index contributed by atoms with van der Waals surface area (Å²) in [5.74, 6) is 1.21. The predicted molar refractivity (Wildman–Crippen MR) is 82.5 cm³/mol. The van der Waals surface area contributed by atoms with Gasteiger partial charge in [0.1, 0.15) is 0 Å². The molecule has 1 fully saturated rings. The van der Waals surface area contributed by atoms with Crippen LogP contribution in [0.15, 0.2) is 24.3 Å². The van der Waals surface area contributed by atoms with Crippen molar-refractivity contribution in [2.24, 2.45) is 5.73 Å². The molecule has 1 atom stereocenters. The molecular formula is C15H24N2S. The molecule has 0 saturated carbocycles. The highest BCUT2D eigenvalue weighted by atomic mass is 32.2. The molecule has 0 spiro atoms. The van der Waals surface area contributed by atoms with E-state index in [1.807, 2.05) is 0 Å². The van der Waals surface area contributed by atoms with Crippen molar-refractivity contribution in [2.45, 2.75) is 38.0 Å². The fourth-order valence-electron chi connectivity index (χ4n) is 2.56. The maximum Gasteiger partial charge on any atom is 0.0400 e. The van der Waals surface area contributed by atoms with Gasteiger partial charge in [-0.3, -0.25) is 0 Å². The molecule has 0 amide bonds. The Kier molecular flexibility index (Phi) is 4.23. The zero-order valence-electron chi connectivity index (χ0n) is 11.6.